The highest BCUT2D eigenvalue weighted by Crippen LogP contribution is 2.25. The highest BCUT2D eigenvalue weighted by Gasteiger charge is 2.08. The number of alkyl halides is 1. The summed E-state index contributed by atoms with van der Waals surface area (Å²) >= 11 is 12.4. The number of nitrogens with zero attached hydrogens (tertiary/aromatic N) is 3. The molecule has 0 bridgehead atoms. The summed E-state index contributed by atoms with van der Waals surface area (Å²) in [5, 5.41) is 0. The van der Waals surface area contributed by atoms with Crippen LogP contribution in [0.4, 0.5) is 0 Å². The summed E-state index contributed by atoms with van der Waals surface area (Å²) in [7, 11) is 0. The average Bonchev–Trinajstić information content (AvgIpc) is 2.29. The number of aromatic nitrogens is 3. The van der Waals surface area contributed by atoms with Gasteiger partial charge in [0, 0.05) is 33.1 Å². The van der Waals surface area contributed by atoms with E-state index in [9.17, 15) is 0 Å². The van der Waals surface area contributed by atoms with Gasteiger partial charge < -0.3 is 0 Å². The number of halogens is 3. The lowest BCUT2D eigenvalue weighted by molar-refractivity contribution is 1.10. The lowest BCUT2D eigenvalue weighted by Crippen LogP contribution is -1.94. The lowest BCUT2D eigenvalue weighted by atomic mass is 10.3. The van der Waals surface area contributed by atoms with Crippen molar-refractivity contribution >= 4 is 43.5 Å². The van der Waals surface area contributed by atoms with Gasteiger partial charge in [0.1, 0.15) is 5.69 Å². The van der Waals surface area contributed by atoms with Crippen LogP contribution in [0.1, 0.15) is 5.56 Å². The van der Waals surface area contributed by atoms with Crippen molar-refractivity contribution in [1.29, 1.82) is 0 Å². The van der Waals surface area contributed by atoms with E-state index in [2.05, 4.69) is 46.8 Å². The highest BCUT2D eigenvalue weighted by atomic mass is 79.9. The average molecular weight is 363 g/mol. The normalized spacial score (nSPS) is 10.4. The number of rotatable bonds is 2. The Hall–Kier alpha value is -0.520. The third kappa shape index (κ3) is 2.59. The summed E-state index contributed by atoms with van der Waals surface area (Å²) in [5.41, 5.74) is 1.60. The van der Waals surface area contributed by atoms with Gasteiger partial charge in [-0.3, -0.25) is 4.98 Å². The van der Waals surface area contributed by atoms with E-state index >= 15 is 0 Å². The van der Waals surface area contributed by atoms with Crippen molar-refractivity contribution in [2.45, 2.75) is 5.88 Å². The van der Waals surface area contributed by atoms with Gasteiger partial charge in [-0.15, -0.1) is 11.6 Å². The Morgan fingerprint density at radius 1 is 1.06 bits per heavy atom. The predicted octanol–water partition coefficient (Wildman–Crippen LogP) is 3.80. The molecule has 2 aromatic rings. The Labute approximate surface area is 115 Å². The van der Waals surface area contributed by atoms with Crippen LogP contribution in [-0.4, -0.2) is 15.0 Å². The molecule has 0 aliphatic carbocycles. The zero-order valence-corrected chi connectivity index (χ0v) is 11.9. The maximum Gasteiger partial charge on any atom is 0.179 e. The van der Waals surface area contributed by atoms with Gasteiger partial charge in [0.25, 0.3) is 0 Å². The van der Waals surface area contributed by atoms with Crippen molar-refractivity contribution in [3.8, 4) is 11.5 Å². The molecule has 0 saturated heterocycles. The van der Waals surface area contributed by atoms with Crippen LogP contribution in [0.2, 0.25) is 0 Å². The van der Waals surface area contributed by atoms with Crippen LogP contribution in [0.5, 0.6) is 0 Å². The molecular formula is C10H6Br2ClN3. The van der Waals surface area contributed by atoms with Crippen LogP contribution in [-0.2, 0) is 5.88 Å². The van der Waals surface area contributed by atoms with Gasteiger partial charge in [0.05, 0.1) is 5.88 Å². The topological polar surface area (TPSA) is 38.7 Å². The Morgan fingerprint density at radius 2 is 1.75 bits per heavy atom. The standard InChI is InChI=1S/C10H6Br2ClN3/c11-7-1-8(12)9(14-5-7)10-15-3-6(2-13)4-16-10/h1,3-5H,2H2. The molecule has 0 spiro atoms. The van der Waals surface area contributed by atoms with Gasteiger partial charge >= 0.3 is 0 Å². The smallest absolute Gasteiger partial charge is 0.179 e. The molecule has 2 heterocycles. The molecule has 2 rings (SSSR count). The molecule has 0 aliphatic heterocycles. The monoisotopic (exact) mass is 361 g/mol. The highest BCUT2D eigenvalue weighted by molar-refractivity contribution is 9.11. The summed E-state index contributed by atoms with van der Waals surface area (Å²) in [6, 6.07) is 1.90. The minimum atomic E-state index is 0.412. The van der Waals surface area contributed by atoms with E-state index in [-0.39, 0.29) is 0 Å². The SMILES string of the molecule is ClCc1cnc(-c2ncc(Br)cc2Br)nc1. The van der Waals surface area contributed by atoms with E-state index < -0.39 is 0 Å². The van der Waals surface area contributed by atoms with Crippen LogP contribution >= 0.6 is 43.5 Å². The van der Waals surface area contributed by atoms with Gasteiger partial charge in [0.15, 0.2) is 5.82 Å². The lowest BCUT2D eigenvalue weighted by Gasteiger charge is -2.02. The van der Waals surface area contributed by atoms with Gasteiger partial charge in [-0.2, -0.15) is 0 Å². The van der Waals surface area contributed by atoms with E-state index in [1.807, 2.05) is 6.07 Å². The first kappa shape index (κ1) is 12.0. The van der Waals surface area contributed by atoms with Crippen LogP contribution in [0, 0.1) is 0 Å². The zero-order chi connectivity index (χ0) is 11.5. The van der Waals surface area contributed by atoms with Crippen molar-refractivity contribution in [3.05, 3.63) is 39.2 Å². The Morgan fingerprint density at radius 3 is 2.31 bits per heavy atom. The van der Waals surface area contributed by atoms with Crippen molar-refractivity contribution in [2.75, 3.05) is 0 Å². The van der Waals surface area contributed by atoms with E-state index in [0.717, 1.165) is 14.5 Å². The van der Waals surface area contributed by atoms with E-state index in [4.69, 9.17) is 11.6 Å². The van der Waals surface area contributed by atoms with E-state index in [1.165, 1.54) is 0 Å². The third-order valence-electron chi connectivity index (χ3n) is 1.88. The van der Waals surface area contributed by atoms with Gasteiger partial charge in [-0.05, 0) is 37.9 Å². The number of hydrogen-bond acceptors (Lipinski definition) is 3. The maximum atomic E-state index is 5.67. The second kappa shape index (κ2) is 5.21. The summed E-state index contributed by atoms with van der Waals surface area (Å²) in [6.45, 7) is 0. The molecule has 0 unspecified atom stereocenters. The van der Waals surface area contributed by atoms with Crippen LogP contribution in [0.3, 0.4) is 0 Å². The molecule has 0 aliphatic rings. The van der Waals surface area contributed by atoms with Crippen LogP contribution in [0.15, 0.2) is 33.6 Å². The minimum Gasteiger partial charge on any atom is -0.251 e. The summed E-state index contributed by atoms with van der Waals surface area (Å²) in [5.74, 6) is 0.989. The Kier molecular flexibility index (Phi) is 3.89. The largest absolute Gasteiger partial charge is 0.251 e. The molecular weight excluding hydrogens is 357 g/mol. The fourth-order valence-electron chi connectivity index (χ4n) is 1.13. The van der Waals surface area contributed by atoms with Crippen molar-refractivity contribution in [1.82, 2.24) is 15.0 Å². The molecule has 3 nitrogen and oxygen atoms in total. The predicted molar refractivity (Wildman–Crippen MR) is 70.2 cm³/mol. The minimum absolute atomic E-state index is 0.412. The van der Waals surface area contributed by atoms with Crippen molar-refractivity contribution in [2.24, 2.45) is 0 Å². The first-order valence-corrected chi connectivity index (χ1v) is 6.51. The number of hydrogen-bond donors (Lipinski definition) is 0. The van der Waals surface area contributed by atoms with Gasteiger partial charge in [0.2, 0.25) is 0 Å². The number of pyridine rings is 1. The van der Waals surface area contributed by atoms with E-state index in [1.54, 1.807) is 18.6 Å². The molecule has 0 amide bonds. The first-order chi connectivity index (χ1) is 7.70. The molecule has 16 heavy (non-hydrogen) atoms. The summed E-state index contributed by atoms with van der Waals surface area (Å²) in [4.78, 5) is 12.7. The molecule has 0 radical (unpaired) electrons. The second-order valence-electron chi connectivity index (χ2n) is 3.03. The third-order valence-corrected chi connectivity index (χ3v) is 3.23. The van der Waals surface area contributed by atoms with Gasteiger partial charge in [-0.1, -0.05) is 0 Å². The van der Waals surface area contributed by atoms with Crippen molar-refractivity contribution in [3.63, 3.8) is 0 Å². The zero-order valence-electron chi connectivity index (χ0n) is 7.99. The molecule has 0 N–H and O–H groups in total. The maximum absolute atomic E-state index is 5.67. The second-order valence-corrected chi connectivity index (χ2v) is 5.07. The molecule has 0 fully saturated rings. The van der Waals surface area contributed by atoms with Gasteiger partial charge in [-0.25, -0.2) is 9.97 Å². The summed E-state index contributed by atoms with van der Waals surface area (Å²) < 4.78 is 1.75. The molecule has 82 valence electrons. The molecule has 6 heteroatoms. The van der Waals surface area contributed by atoms with Crippen LogP contribution < -0.4 is 0 Å². The quantitative estimate of drug-likeness (QED) is 0.762. The summed E-state index contributed by atoms with van der Waals surface area (Å²) in [6.07, 6.45) is 5.11. The fraction of sp³-hybridized carbons (Fsp3) is 0.100. The molecule has 0 aromatic carbocycles. The first-order valence-electron chi connectivity index (χ1n) is 4.39. The fourth-order valence-corrected chi connectivity index (χ4v) is 2.43. The Bertz CT molecular complexity index is 502. The molecule has 2 aromatic heterocycles. The molecule has 0 saturated carbocycles. The Balaban J connectivity index is 2.42. The van der Waals surface area contributed by atoms with Crippen LogP contribution in [0.25, 0.3) is 11.5 Å². The van der Waals surface area contributed by atoms with Crippen molar-refractivity contribution < 1.29 is 0 Å². The molecule has 0 atom stereocenters. The van der Waals surface area contributed by atoms with E-state index in [0.29, 0.717) is 17.4 Å².